The lowest BCUT2D eigenvalue weighted by Gasteiger charge is -2.35. The molecular formula is C17H16N4O3S2. The number of nitrogens with one attached hydrogen (secondary N) is 1. The summed E-state index contributed by atoms with van der Waals surface area (Å²) in [6.45, 7) is 1.27. The maximum Gasteiger partial charge on any atom is 0.407 e. The van der Waals surface area contributed by atoms with Crippen molar-refractivity contribution in [1.29, 1.82) is 0 Å². The average molecular weight is 388 g/mol. The summed E-state index contributed by atoms with van der Waals surface area (Å²) < 4.78 is -0.458. The molecular weight excluding hydrogens is 372 g/mol. The molecule has 0 unspecified atom stereocenters. The first kappa shape index (κ1) is 17.0. The minimum atomic E-state index is -0.932. The van der Waals surface area contributed by atoms with Crippen molar-refractivity contribution < 1.29 is 14.7 Å². The van der Waals surface area contributed by atoms with Crippen LogP contribution >= 0.6 is 23.1 Å². The van der Waals surface area contributed by atoms with Gasteiger partial charge in [0, 0.05) is 42.2 Å². The van der Waals surface area contributed by atoms with Crippen LogP contribution in [0.4, 0.5) is 4.79 Å². The second-order valence-electron chi connectivity index (χ2n) is 6.18. The monoisotopic (exact) mass is 388 g/mol. The highest BCUT2D eigenvalue weighted by atomic mass is 32.2. The van der Waals surface area contributed by atoms with E-state index in [4.69, 9.17) is 0 Å². The van der Waals surface area contributed by atoms with E-state index < -0.39 is 10.8 Å². The molecule has 26 heavy (non-hydrogen) atoms. The molecule has 2 atom stereocenters. The molecule has 7 nitrogen and oxygen atoms in total. The van der Waals surface area contributed by atoms with Gasteiger partial charge in [-0.05, 0) is 12.1 Å². The van der Waals surface area contributed by atoms with Gasteiger partial charge in [-0.2, -0.15) is 0 Å². The number of aromatic nitrogens is 1. The molecule has 134 valence electrons. The van der Waals surface area contributed by atoms with Crippen molar-refractivity contribution in [2.24, 2.45) is 10.9 Å². The first-order valence-corrected chi connectivity index (χ1v) is 9.75. The highest BCUT2D eigenvalue weighted by molar-refractivity contribution is 8.14. The molecule has 1 aromatic heterocycles. The summed E-state index contributed by atoms with van der Waals surface area (Å²) in [7, 11) is 0. The van der Waals surface area contributed by atoms with E-state index in [2.05, 4.69) is 15.3 Å². The van der Waals surface area contributed by atoms with E-state index >= 15 is 0 Å². The third-order valence-corrected chi connectivity index (χ3v) is 7.19. The number of carbonyl (C=O) groups excluding carboxylic acids is 1. The summed E-state index contributed by atoms with van der Waals surface area (Å²) in [5.41, 5.74) is 2.31. The zero-order chi connectivity index (χ0) is 18.1. The van der Waals surface area contributed by atoms with E-state index in [0.29, 0.717) is 30.4 Å². The molecule has 0 saturated carbocycles. The van der Waals surface area contributed by atoms with Crippen LogP contribution in [-0.2, 0) is 4.75 Å². The Bertz CT molecular complexity index is 856. The minimum Gasteiger partial charge on any atom is -0.465 e. The van der Waals surface area contributed by atoms with Crippen molar-refractivity contribution in [3.8, 4) is 0 Å². The van der Waals surface area contributed by atoms with Crippen molar-refractivity contribution in [2.45, 2.75) is 4.75 Å². The molecule has 4 rings (SSSR count). The quantitative estimate of drug-likeness (QED) is 0.824. The van der Waals surface area contributed by atoms with Crippen LogP contribution < -0.4 is 5.32 Å². The van der Waals surface area contributed by atoms with Gasteiger partial charge < -0.3 is 15.3 Å². The van der Waals surface area contributed by atoms with E-state index in [1.165, 1.54) is 28.0 Å². The molecule has 2 aliphatic rings. The fourth-order valence-corrected chi connectivity index (χ4v) is 5.71. The molecule has 0 spiro atoms. The number of aliphatic imine (C=N–C) groups is 1. The molecule has 0 bridgehead atoms. The Kier molecular flexibility index (Phi) is 4.41. The van der Waals surface area contributed by atoms with Crippen LogP contribution in [0, 0.1) is 5.92 Å². The standard InChI is InChI=1S/C17H16N4O3S2/c22-14(11-4-2-1-3-5-11)20-15-19-6-12-8-21(16(23)24)9-17(12,26-15)13-7-18-10-25-13/h1-5,7,10,12H,6,8-9H2,(H,23,24)(H,19,20,22)/t12-,17-/m0/s1. The number of thiazole rings is 1. The van der Waals surface area contributed by atoms with Gasteiger partial charge in [-0.3, -0.25) is 14.8 Å². The first-order valence-electron chi connectivity index (χ1n) is 8.05. The van der Waals surface area contributed by atoms with Crippen molar-refractivity contribution in [2.75, 3.05) is 19.6 Å². The number of hydrogen-bond donors (Lipinski definition) is 2. The summed E-state index contributed by atoms with van der Waals surface area (Å²) in [6.07, 6.45) is 0.858. The average Bonchev–Trinajstić information content (AvgIpc) is 3.30. The summed E-state index contributed by atoms with van der Waals surface area (Å²) in [6, 6.07) is 8.95. The predicted molar refractivity (Wildman–Crippen MR) is 101 cm³/mol. The van der Waals surface area contributed by atoms with Crippen LogP contribution in [0.5, 0.6) is 0 Å². The van der Waals surface area contributed by atoms with E-state index in [1.807, 2.05) is 6.07 Å². The smallest absolute Gasteiger partial charge is 0.407 e. The van der Waals surface area contributed by atoms with E-state index in [-0.39, 0.29) is 11.8 Å². The molecule has 2 N–H and O–H groups in total. The molecule has 1 saturated heterocycles. The Morgan fingerprint density at radius 2 is 2.12 bits per heavy atom. The van der Waals surface area contributed by atoms with Gasteiger partial charge in [-0.1, -0.05) is 30.0 Å². The van der Waals surface area contributed by atoms with Crippen molar-refractivity contribution in [1.82, 2.24) is 15.2 Å². The van der Waals surface area contributed by atoms with Gasteiger partial charge in [-0.15, -0.1) is 11.3 Å². The number of rotatable bonds is 2. The van der Waals surface area contributed by atoms with Gasteiger partial charge in [0.2, 0.25) is 0 Å². The van der Waals surface area contributed by atoms with Crippen LogP contribution in [0.25, 0.3) is 0 Å². The number of likely N-dealkylation sites (tertiary alicyclic amines) is 1. The van der Waals surface area contributed by atoms with Crippen LogP contribution in [0.3, 0.4) is 0 Å². The number of carboxylic acid groups (broad SMARTS) is 1. The lowest BCUT2D eigenvalue weighted by atomic mass is 9.93. The van der Waals surface area contributed by atoms with Crippen LogP contribution in [0.2, 0.25) is 0 Å². The number of thioether (sulfide) groups is 1. The van der Waals surface area contributed by atoms with Crippen LogP contribution in [0.1, 0.15) is 15.2 Å². The maximum absolute atomic E-state index is 12.4. The van der Waals surface area contributed by atoms with Gasteiger partial charge in [0.25, 0.3) is 5.91 Å². The summed E-state index contributed by atoms with van der Waals surface area (Å²) >= 11 is 2.94. The minimum absolute atomic E-state index is 0.0569. The lowest BCUT2D eigenvalue weighted by Crippen LogP contribution is -2.42. The Morgan fingerprint density at radius 3 is 2.81 bits per heavy atom. The molecule has 0 aliphatic carbocycles. The Labute approximate surface area is 158 Å². The Morgan fingerprint density at radius 1 is 1.31 bits per heavy atom. The number of nitrogens with zero attached hydrogens (tertiary/aromatic N) is 3. The molecule has 1 fully saturated rings. The van der Waals surface area contributed by atoms with E-state index in [0.717, 1.165) is 4.88 Å². The molecule has 0 radical (unpaired) electrons. The molecule has 2 amide bonds. The summed E-state index contributed by atoms with van der Waals surface area (Å²) in [5.74, 6) is -0.163. The topological polar surface area (TPSA) is 94.9 Å². The van der Waals surface area contributed by atoms with Crippen molar-refractivity contribution in [3.63, 3.8) is 0 Å². The molecule has 2 aliphatic heterocycles. The molecule has 2 aromatic rings. The molecule has 9 heteroatoms. The maximum atomic E-state index is 12.4. The van der Waals surface area contributed by atoms with Gasteiger partial charge >= 0.3 is 6.09 Å². The third-order valence-electron chi connectivity index (χ3n) is 4.64. The molecule has 3 heterocycles. The summed E-state index contributed by atoms with van der Waals surface area (Å²) in [4.78, 5) is 35.1. The van der Waals surface area contributed by atoms with Gasteiger partial charge in [0.15, 0.2) is 5.17 Å². The first-order chi connectivity index (χ1) is 12.6. The SMILES string of the molecule is O=C(NC1=NC[C@H]2CN(C(=O)O)C[C@]2(c2cncs2)S1)c1ccccc1. The van der Waals surface area contributed by atoms with Crippen LogP contribution in [0.15, 0.2) is 47.0 Å². The zero-order valence-electron chi connectivity index (χ0n) is 13.7. The lowest BCUT2D eigenvalue weighted by molar-refractivity contribution is 0.0977. The van der Waals surface area contributed by atoms with Crippen molar-refractivity contribution in [3.05, 3.63) is 52.5 Å². The normalized spacial score (nSPS) is 24.7. The van der Waals surface area contributed by atoms with Gasteiger partial charge in [0.1, 0.15) is 0 Å². The fourth-order valence-electron chi connectivity index (χ4n) is 3.33. The number of carbonyl (C=O) groups is 2. The highest BCUT2D eigenvalue weighted by Gasteiger charge is 2.53. The van der Waals surface area contributed by atoms with Gasteiger partial charge in [0.05, 0.1) is 10.3 Å². The zero-order valence-corrected chi connectivity index (χ0v) is 15.3. The second-order valence-corrected chi connectivity index (χ2v) is 8.39. The largest absolute Gasteiger partial charge is 0.465 e. The summed E-state index contributed by atoms with van der Waals surface area (Å²) in [5, 5.41) is 12.8. The fraction of sp³-hybridized carbons (Fsp3) is 0.294. The Balaban J connectivity index is 1.59. The number of benzene rings is 1. The number of fused-ring (bicyclic) bond motifs is 1. The van der Waals surface area contributed by atoms with E-state index in [9.17, 15) is 14.7 Å². The predicted octanol–water partition coefficient (Wildman–Crippen LogP) is 2.48. The van der Waals surface area contributed by atoms with Crippen LogP contribution in [-0.4, -0.2) is 51.8 Å². The Hall–Kier alpha value is -2.39. The molecule has 1 aromatic carbocycles. The number of amides is 2. The van der Waals surface area contributed by atoms with Gasteiger partial charge in [-0.25, -0.2) is 4.79 Å². The highest BCUT2D eigenvalue weighted by Crippen LogP contribution is 2.51. The number of hydrogen-bond acceptors (Lipinski definition) is 6. The number of amidine groups is 1. The van der Waals surface area contributed by atoms with Crippen molar-refractivity contribution >= 4 is 40.3 Å². The van der Waals surface area contributed by atoms with E-state index in [1.54, 1.807) is 36.0 Å². The third kappa shape index (κ3) is 2.97. The second kappa shape index (κ2) is 6.73.